The van der Waals surface area contributed by atoms with Crippen molar-refractivity contribution in [3.8, 4) is 0 Å². The van der Waals surface area contributed by atoms with Gasteiger partial charge in [-0.1, -0.05) is 42.5 Å². The molecule has 0 saturated carbocycles. The van der Waals surface area contributed by atoms with Crippen molar-refractivity contribution >= 4 is 30.0 Å². The zero-order valence-electron chi connectivity index (χ0n) is 15.9. The van der Waals surface area contributed by atoms with Gasteiger partial charge in [0.05, 0.1) is 0 Å². The molecule has 0 fully saturated rings. The third-order valence-corrected chi connectivity index (χ3v) is 4.61. The number of rotatable bonds is 6. The van der Waals surface area contributed by atoms with Crippen LogP contribution in [0, 0.1) is 0 Å². The quantitative estimate of drug-likeness (QED) is 0.741. The Kier molecular flexibility index (Phi) is 6.86. The second-order valence-corrected chi connectivity index (χ2v) is 7.13. The molecule has 5 nitrogen and oxygen atoms in total. The van der Waals surface area contributed by atoms with Crippen molar-refractivity contribution in [2.75, 3.05) is 4.90 Å². The van der Waals surface area contributed by atoms with Crippen molar-refractivity contribution in [2.24, 2.45) is 21.5 Å². The predicted molar refractivity (Wildman–Crippen MR) is 117 cm³/mol. The summed E-state index contributed by atoms with van der Waals surface area (Å²) in [5.41, 5.74) is 15.0. The van der Waals surface area contributed by atoms with Crippen LogP contribution in [0.4, 0.5) is 5.69 Å². The van der Waals surface area contributed by atoms with Crippen LogP contribution in [0.25, 0.3) is 0 Å². The normalized spacial score (nSPS) is 15.6. The number of benzene rings is 2. The van der Waals surface area contributed by atoms with E-state index in [9.17, 15) is 0 Å². The highest BCUT2D eigenvalue weighted by atomic mass is 35.5. The van der Waals surface area contributed by atoms with Gasteiger partial charge in [0, 0.05) is 5.69 Å². The Balaban J connectivity index is 0.00000261. The SMILES string of the molecule is CC1(C)N=C(N)N=C(N)N1c1ccc(CCCCc2ccccc2)cc1.Cl. The van der Waals surface area contributed by atoms with E-state index in [1.165, 1.54) is 24.0 Å². The van der Waals surface area contributed by atoms with E-state index in [1.807, 2.05) is 18.7 Å². The molecule has 0 radical (unpaired) electrons. The minimum absolute atomic E-state index is 0. The Labute approximate surface area is 167 Å². The molecule has 0 spiro atoms. The molecule has 0 unspecified atom stereocenters. The second kappa shape index (κ2) is 8.91. The third-order valence-electron chi connectivity index (χ3n) is 4.61. The van der Waals surface area contributed by atoms with Gasteiger partial charge in [0.25, 0.3) is 0 Å². The maximum Gasteiger partial charge on any atom is 0.220 e. The van der Waals surface area contributed by atoms with Crippen molar-refractivity contribution in [3.05, 3.63) is 65.7 Å². The van der Waals surface area contributed by atoms with Crippen LogP contribution < -0.4 is 16.4 Å². The largest absolute Gasteiger partial charge is 0.369 e. The molecule has 0 amide bonds. The molecule has 0 saturated heterocycles. The first kappa shape index (κ1) is 20.8. The van der Waals surface area contributed by atoms with Gasteiger partial charge in [-0.2, -0.15) is 4.99 Å². The van der Waals surface area contributed by atoms with Crippen molar-refractivity contribution in [1.82, 2.24) is 0 Å². The van der Waals surface area contributed by atoms with Crippen molar-refractivity contribution in [3.63, 3.8) is 0 Å². The van der Waals surface area contributed by atoms with Crippen LogP contribution in [0.1, 0.15) is 37.8 Å². The summed E-state index contributed by atoms with van der Waals surface area (Å²) in [7, 11) is 0. The van der Waals surface area contributed by atoms with Gasteiger partial charge in [0.15, 0.2) is 0 Å². The summed E-state index contributed by atoms with van der Waals surface area (Å²) in [6.07, 6.45) is 4.57. The topological polar surface area (TPSA) is 80.0 Å². The number of halogens is 1. The summed E-state index contributed by atoms with van der Waals surface area (Å²) in [5.74, 6) is 0.594. The molecule has 1 aliphatic heterocycles. The lowest BCUT2D eigenvalue weighted by molar-refractivity contribution is 0.534. The van der Waals surface area contributed by atoms with E-state index >= 15 is 0 Å². The summed E-state index contributed by atoms with van der Waals surface area (Å²) in [4.78, 5) is 10.4. The smallest absolute Gasteiger partial charge is 0.220 e. The van der Waals surface area contributed by atoms with E-state index in [-0.39, 0.29) is 18.4 Å². The minimum atomic E-state index is -0.548. The fraction of sp³-hybridized carbons (Fsp3) is 0.333. The maximum atomic E-state index is 6.08. The van der Waals surface area contributed by atoms with E-state index in [0.29, 0.717) is 5.96 Å². The molecule has 2 aromatic rings. The van der Waals surface area contributed by atoms with E-state index in [1.54, 1.807) is 0 Å². The first-order valence-electron chi connectivity index (χ1n) is 9.08. The number of guanidine groups is 2. The molecule has 0 bridgehead atoms. The number of anilines is 1. The summed E-state index contributed by atoms with van der Waals surface area (Å²) in [6.45, 7) is 3.94. The lowest BCUT2D eigenvalue weighted by Crippen LogP contribution is -2.54. The van der Waals surface area contributed by atoms with Gasteiger partial charge in [0.1, 0.15) is 5.66 Å². The molecule has 3 rings (SSSR count). The van der Waals surface area contributed by atoms with Gasteiger partial charge < -0.3 is 11.5 Å². The van der Waals surface area contributed by atoms with Crippen LogP contribution in [0.15, 0.2) is 64.6 Å². The Morgan fingerprint density at radius 2 is 1.41 bits per heavy atom. The molecule has 4 N–H and O–H groups in total. The number of unbranched alkanes of at least 4 members (excludes halogenated alkanes) is 1. The van der Waals surface area contributed by atoms with Crippen molar-refractivity contribution in [2.45, 2.75) is 45.2 Å². The fourth-order valence-corrected chi connectivity index (χ4v) is 3.37. The van der Waals surface area contributed by atoms with Gasteiger partial charge in [-0.3, -0.25) is 4.90 Å². The van der Waals surface area contributed by atoms with Crippen LogP contribution in [0.2, 0.25) is 0 Å². The number of aliphatic imine (C=N–C) groups is 2. The van der Waals surface area contributed by atoms with Gasteiger partial charge >= 0.3 is 0 Å². The van der Waals surface area contributed by atoms with Crippen LogP contribution in [0.3, 0.4) is 0 Å². The highest BCUT2D eigenvalue weighted by Crippen LogP contribution is 2.27. The van der Waals surface area contributed by atoms with Gasteiger partial charge in [0.2, 0.25) is 11.9 Å². The summed E-state index contributed by atoms with van der Waals surface area (Å²) in [6, 6.07) is 19.1. The number of hydrogen-bond donors (Lipinski definition) is 2. The Morgan fingerprint density at radius 1 is 0.852 bits per heavy atom. The van der Waals surface area contributed by atoms with Crippen LogP contribution in [-0.4, -0.2) is 17.6 Å². The number of aryl methyl sites for hydroxylation is 2. The number of nitrogens with zero attached hydrogens (tertiary/aromatic N) is 3. The first-order valence-corrected chi connectivity index (χ1v) is 9.08. The highest BCUT2D eigenvalue weighted by molar-refractivity contribution is 6.05. The van der Waals surface area contributed by atoms with Crippen LogP contribution in [-0.2, 0) is 12.8 Å². The molecule has 6 heteroatoms. The molecule has 144 valence electrons. The highest BCUT2D eigenvalue weighted by Gasteiger charge is 2.32. The van der Waals surface area contributed by atoms with Crippen LogP contribution >= 0.6 is 12.4 Å². The molecular formula is C21H28ClN5. The fourth-order valence-electron chi connectivity index (χ4n) is 3.37. The minimum Gasteiger partial charge on any atom is -0.369 e. The van der Waals surface area contributed by atoms with Gasteiger partial charge in [-0.25, -0.2) is 4.99 Å². The van der Waals surface area contributed by atoms with Crippen molar-refractivity contribution < 1.29 is 0 Å². The molecule has 0 aromatic heterocycles. The van der Waals surface area contributed by atoms with Crippen LogP contribution in [0.5, 0.6) is 0 Å². The molecule has 27 heavy (non-hydrogen) atoms. The maximum absolute atomic E-state index is 6.08. The van der Waals surface area contributed by atoms with E-state index in [0.717, 1.165) is 18.5 Å². The summed E-state index contributed by atoms with van der Waals surface area (Å²) < 4.78 is 0. The molecule has 1 aliphatic rings. The Bertz CT molecular complexity index is 797. The van der Waals surface area contributed by atoms with E-state index in [2.05, 4.69) is 64.6 Å². The molecule has 0 atom stereocenters. The summed E-state index contributed by atoms with van der Waals surface area (Å²) >= 11 is 0. The lowest BCUT2D eigenvalue weighted by atomic mass is 10.0. The number of nitrogens with two attached hydrogens (primary N) is 2. The van der Waals surface area contributed by atoms with Gasteiger partial charge in [-0.15, -0.1) is 12.4 Å². The molecular weight excluding hydrogens is 358 g/mol. The third kappa shape index (κ3) is 5.23. The predicted octanol–water partition coefficient (Wildman–Crippen LogP) is 3.86. The monoisotopic (exact) mass is 385 g/mol. The number of hydrogen-bond acceptors (Lipinski definition) is 5. The van der Waals surface area contributed by atoms with Gasteiger partial charge in [-0.05, 0) is 62.8 Å². The molecule has 0 aliphatic carbocycles. The van der Waals surface area contributed by atoms with E-state index < -0.39 is 5.66 Å². The standard InChI is InChI=1S/C21H27N5.ClH/c1-21(2)25-19(22)24-20(23)26(21)18-14-12-17(13-15-18)11-7-6-10-16-8-4-3-5-9-16;/h3-5,8-9,12-15H,6-7,10-11H2,1-2H3,(H4,22,23,24,25);1H. The van der Waals surface area contributed by atoms with Crippen molar-refractivity contribution in [1.29, 1.82) is 0 Å². The lowest BCUT2D eigenvalue weighted by Gasteiger charge is -2.38. The average Bonchev–Trinajstić information content (AvgIpc) is 2.59. The Morgan fingerprint density at radius 3 is 1.96 bits per heavy atom. The second-order valence-electron chi connectivity index (χ2n) is 7.13. The van der Waals surface area contributed by atoms with E-state index in [4.69, 9.17) is 11.5 Å². The molecule has 2 aromatic carbocycles. The zero-order valence-corrected chi connectivity index (χ0v) is 16.7. The zero-order chi connectivity index (χ0) is 18.6. The summed E-state index contributed by atoms with van der Waals surface area (Å²) in [5, 5.41) is 0. The Hall–Kier alpha value is -2.53. The molecule has 1 heterocycles. The first-order chi connectivity index (χ1) is 12.5. The average molecular weight is 386 g/mol.